The van der Waals surface area contributed by atoms with E-state index in [4.69, 9.17) is 4.74 Å². The third kappa shape index (κ3) is 3.31. The minimum absolute atomic E-state index is 0.439. The SMILES string of the molecule is COCN1c2cc(CNc3ccccc3)ccc2Sc2nccnc21. The normalized spacial score (nSPS) is 12.4. The van der Waals surface area contributed by atoms with E-state index in [0.717, 1.165) is 33.7 Å². The molecule has 1 N–H and O–H groups in total. The monoisotopic (exact) mass is 350 g/mol. The number of methoxy groups -OCH3 is 1. The van der Waals surface area contributed by atoms with Crippen LogP contribution in [-0.2, 0) is 11.3 Å². The molecule has 126 valence electrons. The molecule has 0 fully saturated rings. The molecule has 0 saturated carbocycles. The fourth-order valence-corrected chi connectivity index (χ4v) is 3.77. The zero-order valence-electron chi connectivity index (χ0n) is 13.8. The van der Waals surface area contributed by atoms with Crippen LogP contribution in [-0.4, -0.2) is 23.8 Å². The minimum atomic E-state index is 0.439. The van der Waals surface area contributed by atoms with Crippen LogP contribution >= 0.6 is 11.8 Å². The van der Waals surface area contributed by atoms with Gasteiger partial charge in [-0.1, -0.05) is 36.0 Å². The van der Waals surface area contributed by atoms with Crippen LogP contribution in [0.4, 0.5) is 17.2 Å². The summed E-state index contributed by atoms with van der Waals surface area (Å²) >= 11 is 1.64. The number of nitrogens with one attached hydrogen (secondary N) is 1. The Morgan fingerprint density at radius 3 is 2.76 bits per heavy atom. The number of hydrogen-bond acceptors (Lipinski definition) is 6. The van der Waals surface area contributed by atoms with Gasteiger partial charge in [0.1, 0.15) is 11.8 Å². The van der Waals surface area contributed by atoms with E-state index in [1.54, 1.807) is 31.3 Å². The summed E-state index contributed by atoms with van der Waals surface area (Å²) in [6.45, 7) is 1.20. The lowest BCUT2D eigenvalue weighted by Crippen LogP contribution is -2.24. The van der Waals surface area contributed by atoms with Crippen LogP contribution in [0.15, 0.2) is 70.8 Å². The van der Waals surface area contributed by atoms with Gasteiger partial charge >= 0.3 is 0 Å². The van der Waals surface area contributed by atoms with Crippen molar-refractivity contribution in [3.8, 4) is 0 Å². The Kier molecular flexibility index (Phi) is 4.54. The molecule has 1 aliphatic heterocycles. The highest BCUT2D eigenvalue weighted by atomic mass is 32.2. The number of hydrogen-bond donors (Lipinski definition) is 1. The standard InChI is InChI=1S/C19H18N4OS/c1-24-13-23-16-11-14(12-22-15-5-3-2-4-6-15)7-8-17(16)25-19-18(23)20-9-10-21-19/h2-11,22H,12-13H2,1H3. The van der Waals surface area contributed by atoms with Gasteiger partial charge in [0.25, 0.3) is 0 Å². The maximum Gasteiger partial charge on any atom is 0.168 e. The van der Waals surface area contributed by atoms with E-state index in [-0.39, 0.29) is 0 Å². The van der Waals surface area contributed by atoms with Crippen molar-refractivity contribution in [3.63, 3.8) is 0 Å². The van der Waals surface area contributed by atoms with Gasteiger partial charge in [0.15, 0.2) is 5.82 Å². The third-order valence-corrected chi connectivity index (χ3v) is 5.00. The quantitative estimate of drug-likeness (QED) is 0.740. The number of nitrogens with zero attached hydrogens (tertiary/aromatic N) is 3. The molecule has 1 aliphatic rings. The highest BCUT2D eigenvalue weighted by Crippen LogP contribution is 2.46. The van der Waals surface area contributed by atoms with Gasteiger partial charge in [-0.2, -0.15) is 0 Å². The van der Waals surface area contributed by atoms with Crippen LogP contribution in [0, 0.1) is 0 Å². The first-order valence-corrected chi connectivity index (χ1v) is 8.84. The Bertz CT molecular complexity index is 872. The molecule has 3 aromatic rings. The van der Waals surface area contributed by atoms with Crippen LogP contribution in [0.25, 0.3) is 0 Å². The summed E-state index contributed by atoms with van der Waals surface area (Å²) in [5.41, 5.74) is 3.42. The Morgan fingerprint density at radius 2 is 1.92 bits per heavy atom. The van der Waals surface area contributed by atoms with Gasteiger partial charge < -0.3 is 10.1 Å². The molecule has 0 unspecified atom stereocenters. The van der Waals surface area contributed by atoms with E-state index in [1.165, 1.54) is 5.56 Å². The summed E-state index contributed by atoms with van der Waals surface area (Å²) in [5, 5.41) is 4.35. The average Bonchev–Trinajstić information content (AvgIpc) is 2.67. The van der Waals surface area contributed by atoms with Crippen molar-refractivity contribution in [1.82, 2.24) is 9.97 Å². The first-order valence-electron chi connectivity index (χ1n) is 8.02. The molecule has 0 radical (unpaired) electrons. The fourth-order valence-electron chi connectivity index (χ4n) is 2.78. The van der Waals surface area contributed by atoms with Crippen molar-refractivity contribution < 1.29 is 4.74 Å². The summed E-state index contributed by atoms with van der Waals surface area (Å²) in [5.74, 6) is 0.843. The molecule has 2 heterocycles. The smallest absolute Gasteiger partial charge is 0.168 e. The summed E-state index contributed by atoms with van der Waals surface area (Å²) in [7, 11) is 1.69. The van der Waals surface area contributed by atoms with E-state index >= 15 is 0 Å². The molecular weight excluding hydrogens is 332 g/mol. The van der Waals surface area contributed by atoms with E-state index in [0.29, 0.717) is 6.73 Å². The van der Waals surface area contributed by atoms with Crippen LogP contribution in [0.1, 0.15) is 5.56 Å². The van der Waals surface area contributed by atoms with Crippen LogP contribution in [0.3, 0.4) is 0 Å². The first-order chi connectivity index (χ1) is 12.3. The number of benzene rings is 2. The zero-order chi connectivity index (χ0) is 17.1. The molecule has 0 bridgehead atoms. The molecule has 6 heteroatoms. The van der Waals surface area contributed by atoms with Gasteiger partial charge in [-0.3, -0.25) is 4.90 Å². The molecule has 0 aliphatic carbocycles. The van der Waals surface area contributed by atoms with E-state index in [1.807, 2.05) is 18.2 Å². The Balaban J connectivity index is 1.62. The maximum atomic E-state index is 5.40. The van der Waals surface area contributed by atoms with Crippen molar-refractivity contribution in [1.29, 1.82) is 0 Å². The highest BCUT2D eigenvalue weighted by molar-refractivity contribution is 7.99. The van der Waals surface area contributed by atoms with Gasteiger partial charge in [0, 0.05) is 36.6 Å². The molecule has 5 nitrogen and oxygen atoms in total. The molecule has 0 spiro atoms. The topological polar surface area (TPSA) is 50.3 Å². The molecule has 0 atom stereocenters. The van der Waals surface area contributed by atoms with Crippen molar-refractivity contribution in [3.05, 3.63) is 66.5 Å². The van der Waals surface area contributed by atoms with Gasteiger partial charge in [0.05, 0.1) is 5.69 Å². The second kappa shape index (κ2) is 7.13. The lowest BCUT2D eigenvalue weighted by atomic mass is 10.1. The predicted molar refractivity (Wildman–Crippen MR) is 100 cm³/mol. The van der Waals surface area contributed by atoms with Gasteiger partial charge in [-0.05, 0) is 29.8 Å². The second-order valence-corrected chi connectivity index (χ2v) is 6.69. The highest BCUT2D eigenvalue weighted by Gasteiger charge is 2.25. The van der Waals surface area contributed by atoms with E-state index in [2.05, 4.69) is 50.5 Å². The summed E-state index contributed by atoms with van der Waals surface area (Å²) in [4.78, 5) is 12.2. The largest absolute Gasteiger partial charge is 0.381 e. The first kappa shape index (κ1) is 15.9. The molecular formula is C19H18N4OS. The van der Waals surface area contributed by atoms with Gasteiger partial charge in [0.2, 0.25) is 0 Å². The number of aromatic nitrogens is 2. The second-order valence-electron chi connectivity index (χ2n) is 5.65. The van der Waals surface area contributed by atoms with Crippen molar-refractivity contribution in [2.45, 2.75) is 16.5 Å². The lowest BCUT2D eigenvalue weighted by Gasteiger charge is -2.30. The molecule has 0 saturated heterocycles. The predicted octanol–water partition coefficient (Wildman–Crippen LogP) is 4.30. The van der Waals surface area contributed by atoms with Crippen LogP contribution in [0.5, 0.6) is 0 Å². The van der Waals surface area contributed by atoms with Crippen LogP contribution < -0.4 is 10.2 Å². The van der Waals surface area contributed by atoms with Gasteiger partial charge in [-0.15, -0.1) is 0 Å². The van der Waals surface area contributed by atoms with Gasteiger partial charge in [-0.25, -0.2) is 9.97 Å². The molecule has 1 aromatic heterocycles. The van der Waals surface area contributed by atoms with E-state index < -0.39 is 0 Å². The number of para-hydroxylation sites is 1. The number of fused-ring (bicyclic) bond motifs is 2. The maximum absolute atomic E-state index is 5.40. The zero-order valence-corrected chi connectivity index (χ0v) is 14.7. The van der Waals surface area contributed by atoms with Crippen LogP contribution in [0.2, 0.25) is 0 Å². The lowest BCUT2D eigenvalue weighted by molar-refractivity contribution is 0.204. The van der Waals surface area contributed by atoms with Crippen molar-refractivity contribution >= 4 is 29.0 Å². The Hall–Kier alpha value is -2.57. The molecule has 2 aromatic carbocycles. The summed E-state index contributed by atoms with van der Waals surface area (Å²) in [6, 6.07) is 16.7. The van der Waals surface area contributed by atoms with Crippen molar-refractivity contribution in [2.24, 2.45) is 0 Å². The minimum Gasteiger partial charge on any atom is -0.381 e. The molecule has 4 rings (SSSR count). The van der Waals surface area contributed by atoms with Crippen molar-refractivity contribution in [2.75, 3.05) is 24.1 Å². The number of rotatable bonds is 5. The number of anilines is 3. The average molecular weight is 350 g/mol. The Morgan fingerprint density at radius 1 is 1.08 bits per heavy atom. The molecule has 25 heavy (non-hydrogen) atoms. The summed E-state index contributed by atoms with van der Waals surface area (Å²) in [6.07, 6.45) is 3.44. The molecule has 0 amide bonds. The Labute approximate surface area is 151 Å². The summed E-state index contributed by atoms with van der Waals surface area (Å²) < 4.78 is 5.40. The third-order valence-electron chi connectivity index (χ3n) is 3.95. The number of ether oxygens (including phenoxy) is 1. The van der Waals surface area contributed by atoms with E-state index in [9.17, 15) is 0 Å². The fraction of sp³-hybridized carbons (Fsp3) is 0.158.